The summed E-state index contributed by atoms with van der Waals surface area (Å²) >= 11 is 0. The number of rotatable bonds is 4. The third kappa shape index (κ3) is 4.63. The van der Waals surface area contributed by atoms with Crippen LogP contribution in [0.25, 0.3) is 0 Å². The van der Waals surface area contributed by atoms with Gasteiger partial charge in [-0.1, -0.05) is 18.2 Å². The highest BCUT2D eigenvalue weighted by Gasteiger charge is 2.32. The summed E-state index contributed by atoms with van der Waals surface area (Å²) in [4.78, 5) is 37.4. The van der Waals surface area contributed by atoms with E-state index < -0.39 is 12.0 Å². The lowest BCUT2D eigenvalue weighted by Crippen LogP contribution is -2.47. The lowest BCUT2D eigenvalue weighted by molar-refractivity contribution is -0.143. The summed E-state index contributed by atoms with van der Waals surface area (Å²) in [6, 6.07) is 14.3. The standard InChI is InChI=1S/C20H21N3O4/c24-18(23-13-5-4-8-17(23)19(25)26)14-9-11-16(12-10-14)22-20(27)21-15-6-2-1-3-7-15/h1-3,6-7,9-12,17H,4-5,8,13H2,(H,25,26)(H2,21,22,27). The first-order valence-electron chi connectivity index (χ1n) is 8.81. The van der Waals surface area contributed by atoms with Crippen molar-refractivity contribution in [1.29, 1.82) is 0 Å². The molecule has 0 radical (unpaired) electrons. The molecule has 1 saturated heterocycles. The van der Waals surface area contributed by atoms with Crippen LogP contribution in [0.1, 0.15) is 29.6 Å². The molecule has 0 aliphatic carbocycles. The molecule has 1 aliphatic rings. The van der Waals surface area contributed by atoms with Crippen LogP contribution < -0.4 is 10.6 Å². The van der Waals surface area contributed by atoms with Gasteiger partial charge in [-0.15, -0.1) is 0 Å². The van der Waals surface area contributed by atoms with Gasteiger partial charge in [-0.25, -0.2) is 9.59 Å². The minimum Gasteiger partial charge on any atom is -0.480 e. The number of hydrogen-bond donors (Lipinski definition) is 3. The number of hydrogen-bond acceptors (Lipinski definition) is 3. The summed E-state index contributed by atoms with van der Waals surface area (Å²) in [7, 11) is 0. The zero-order valence-corrected chi connectivity index (χ0v) is 14.7. The fraction of sp³-hybridized carbons (Fsp3) is 0.250. The van der Waals surface area contributed by atoms with E-state index in [9.17, 15) is 19.5 Å². The molecule has 7 nitrogen and oxygen atoms in total. The number of benzene rings is 2. The van der Waals surface area contributed by atoms with Crippen molar-refractivity contribution in [2.45, 2.75) is 25.3 Å². The number of piperidine rings is 1. The molecule has 1 atom stereocenters. The number of carboxylic acids is 1. The van der Waals surface area contributed by atoms with E-state index in [4.69, 9.17) is 0 Å². The lowest BCUT2D eigenvalue weighted by Gasteiger charge is -2.33. The highest BCUT2D eigenvalue weighted by Crippen LogP contribution is 2.21. The van der Waals surface area contributed by atoms with Crippen LogP contribution in [0.4, 0.5) is 16.2 Å². The van der Waals surface area contributed by atoms with E-state index in [1.165, 1.54) is 4.90 Å². The number of nitrogens with one attached hydrogen (secondary N) is 2. The van der Waals surface area contributed by atoms with Crippen molar-refractivity contribution >= 4 is 29.3 Å². The van der Waals surface area contributed by atoms with Crippen molar-refractivity contribution in [1.82, 2.24) is 4.90 Å². The molecule has 2 aromatic rings. The number of amides is 3. The summed E-state index contributed by atoms with van der Waals surface area (Å²) in [5, 5.41) is 14.7. The quantitative estimate of drug-likeness (QED) is 0.771. The van der Waals surface area contributed by atoms with Crippen molar-refractivity contribution in [2.24, 2.45) is 0 Å². The van der Waals surface area contributed by atoms with Crippen LogP contribution in [0.5, 0.6) is 0 Å². The SMILES string of the molecule is O=C(Nc1ccccc1)Nc1ccc(C(=O)N2CCCCC2C(=O)O)cc1. The number of aliphatic carboxylic acids is 1. The van der Waals surface area contributed by atoms with Gasteiger partial charge in [-0.05, 0) is 55.7 Å². The van der Waals surface area contributed by atoms with E-state index in [0.29, 0.717) is 29.9 Å². The van der Waals surface area contributed by atoms with Gasteiger partial charge in [0.2, 0.25) is 0 Å². The van der Waals surface area contributed by atoms with Crippen molar-refractivity contribution in [3.63, 3.8) is 0 Å². The highest BCUT2D eigenvalue weighted by molar-refractivity contribution is 6.01. The van der Waals surface area contributed by atoms with Gasteiger partial charge in [-0.2, -0.15) is 0 Å². The molecule has 0 saturated carbocycles. The number of carbonyl (C=O) groups excluding carboxylic acids is 2. The maximum absolute atomic E-state index is 12.7. The third-order valence-electron chi connectivity index (χ3n) is 4.47. The zero-order chi connectivity index (χ0) is 19.2. The summed E-state index contributed by atoms with van der Waals surface area (Å²) in [6.45, 7) is 0.440. The van der Waals surface area contributed by atoms with Crippen molar-refractivity contribution < 1.29 is 19.5 Å². The second-order valence-corrected chi connectivity index (χ2v) is 6.37. The smallest absolute Gasteiger partial charge is 0.326 e. The molecule has 2 aromatic carbocycles. The Morgan fingerprint density at radius 2 is 1.52 bits per heavy atom. The molecule has 1 fully saturated rings. The molecule has 1 heterocycles. The number of likely N-dealkylation sites (tertiary alicyclic amines) is 1. The predicted molar refractivity (Wildman–Crippen MR) is 102 cm³/mol. The largest absolute Gasteiger partial charge is 0.480 e. The second-order valence-electron chi connectivity index (χ2n) is 6.37. The fourth-order valence-electron chi connectivity index (χ4n) is 3.11. The van der Waals surface area contributed by atoms with Crippen LogP contribution in [-0.2, 0) is 4.79 Å². The summed E-state index contributed by atoms with van der Waals surface area (Å²) in [5.74, 6) is -1.28. The van der Waals surface area contributed by atoms with Crippen molar-refractivity contribution in [3.05, 3.63) is 60.2 Å². The van der Waals surface area contributed by atoms with Crippen LogP contribution in [0.2, 0.25) is 0 Å². The predicted octanol–water partition coefficient (Wildman–Crippen LogP) is 3.41. The van der Waals surface area contributed by atoms with Crippen LogP contribution >= 0.6 is 0 Å². The Morgan fingerprint density at radius 1 is 0.889 bits per heavy atom. The van der Waals surface area contributed by atoms with Crippen LogP contribution in [0.3, 0.4) is 0 Å². The molecule has 3 N–H and O–H groups in total. The maximum atomic E-state index is 12.7. The Morgan fingerprint density at radius 3 is 2.15 bits per heavy atom. The number of carboxylic acid groups (broad SMARTS) is 1. The summed E-state index contributed by atoms with van der Waals surface area (Å²) in [5.41, 5.74) is 1.61. The molecule has 3 rings (SSSR count). The lowest BCUT2D eigenvalue weighted by atomic mass is 10.0. The molecule has 1 aliphatic heterocycles. The molecule has 7 heteroatoms. The van der Waals surface area contributed by atoms with Gasteiger partial charge in [-0.3, -0.25) is 4.79 Å². The summed E-state index contributed by atoms with van der Waals surface area (Å²) < 4.78 is 0. The van der Waals surface area contributed by atoms with E-state index in [1.807, 2.05) is 18.2 Å². The van der Waals surface area contributed by atoms with Gasteiger partial charge >= 0.3 is 12.0 Å². The molecule has 27 heavy (non-hydrogen) atoms. The molecule has 0 spiro atoms. The topological polar surface area (TPSA) is 98.7 Å². The minimum atomic E-state index is -0.973. The van der Waals surface area contributed by atoms with Crippen molar-refractivity contribution in [2.75, 3.05) is 17.2 Å². The Balaban J connectivity index is 1.63. The molecular formula is C20H21N3O4. The molecular weight excluding hydrogens is 346 g/mol. The average Bonchev–Trinajstić information content (AvgIpc) is 2.68. The fourth-order valence-corrected chi connectivity index (χ4v) is 3.11. The molecule has 140 valence electrons. The monoisotopic (exact) mass is 367 g/mol. The van der Waals surface area contributed by atoms with Gasteiger partial charge < -0.3 is 20.6 Å². The zero-order valence-electron chi connectivity index (χ0n) is 14.7. The van der Waals surface area contributed by atoms with Crippen LogP contribution in [0.15, 0.2) is 54.6 Å². The van der Waals surface area contributed by atoms with Gasteiger partial charge in [0, 0.05) is 23.5 Å². The Hall–Kier alpha value is -3.35. The second kappa shape index (κ2) is 8.35. The number of nitrogens with zero attached hydrogens (tertiary/aromatic N) is 1. The number of carbonyl (C=O) groups is 3. The Bertz CT molecular complexity index is 821. The van der Waals surface area contributed by atoms with Gasteiger partial charge in [0.05, 0.1) is 0 Å². The van der Waals surface area contributed by atoms with E-state index in [-0.39, 0.29) is 11.9 Å². The number of para-hydroxylation sites is 1. The molecule has 0 aromatic heterocycles. The molecule has 1 unspecified atom stereocenters. The molecule has 0 bridgehead atoms. The normalized spacial score (nSPS) is 16.4. The number of urea groups is 1. The van der Waals surface area contributed by atoms with E-state index in [0.717, 1.165) is 12.8 Å². The third-order valence-corrected chi connectivity index (χ3v) is 4.47. The first-order valence-corrected chi connectivity index (χ1v) is 8.81. The first kappa shape index (κ1) is 18.4. The van der Waals surface area contributed by atoms with Crippen LogP contribution in [0, 0.1) is 0 Å². The van der Waals surface area contributed by atoms with E-state index >= 15 is 0 Å². The summed E-state index contributed by atoms with van der Waals surface area (Å²) in [6.07, 6.45) is 2.08. The Labute approximate surface area is 157 Å². The highest BCUT2D eigenvalue weighted by atomic mass is 16.4. The van der Waals surface area contributed by atoms with Gasteiger partial charge in [0.15, 0.2) is 0 Å². The maximum Gasteiger partial charge on any atom is 0.326 e. The van der Waals surface area contributed by atoms with Crippen LogP contribution in [-0.4, -0.2) is 40.5 Å². The van der Waals surface area contributed by atoms with Gasteiger partial charge in [0.25, 0.3) is 5.91 Å². The average molecular weight is 367 g/mol. The minimum absolute atomic E-state index is 0.303. The first-order chi connectivity index (χ1) is 13.0. The van der Waals surface area contributed by atoms with E-state index in [1.54, 1.807) is 36.4 Å². The Kier molecular flexibility index (Phi) is 5.71. The van der Waals surface area contributed by atoms with E-state index in [2.05, 4.69) is 10.6 Å². The molecule has 3 amide bonds. The number of anilines is 2. The van der Waals surface area contributed by atoms with Crippen molar-refractivity contribution in [3.8, 4) is 0 Å². The van der Waals surface area contributed by atoms with Gasteiger partial charge in [0.1, 0.15) is 6.04 Å².